The number of anilines is 1. The number of carbonyl (C=O) groups is 2. The molecule has 3 rings (SSSR count). The number of benzene rings is 1. The number of ether oxygens (including phenoxy) is 2. The Labute approximate surface area is 143 Å². The second-order valence-electron chi connectivity index (χ2n) is 6.40. The number of carbonyl (C=O) groups excluding carboxylic acids is 2. The molecule has 132 valence electrons. The zero-order valence-corrected chi connectivity index (χ0v) is 13.8. The maximum Gasteiger partial charge on any atom is 0.345 e. The largest absolute Gasteiger partial charge is 0.480 e. The Hall–Kier alpha value is -2.83. The molecule has 2 atom stereocenters. The minimum atomic E-state index is -1.29. The van der Waals surface area contributed by atoms with Crippen LogP contribution in [0.5, 0.6) is 0 Å². The second-order valence-corrected chi connectivity index (χ2v) is 6.40. The predicted molar refractivity (Wildman–Crippen MR) is 86.9 cm³/mol. The van der Waals surface area contributed by atoms with E-state index in [1.807, 2.05) is 0 Å². The lowest BCUT2D eigenvalue weighted by molar-refractivity contribution is -0.223. The van der Waals surface area contributed by atoms with E-state index in [0.29, 0.717) is 12.2 Å². The summed E-state index contributed by atoms with van der Waals surface area (Å²) in [4.78, 5) is 24.5. The lowest BCUT2D eigenvalue weighted by Crippen LogP contribution is -2.41. The van der Waals surface area contributed by atoms with Gasteiger partial charge in [0.2, 0.25) is 0 Å². The molecule has 0 radical (unpaired) electrons. The summed E-state index contributed by atoms with van der Waals surface area (Å²) in [7, 11) is 0. The first-order chi connectivity index (χ1) is 11.8. The van der Waals surface area contributed by atoms with Crippen molar-refractivity contribution in [1.29, 1.82) is 0 Å². The van der Waals surface area contributed by atoms with Crippen molar-refractivity contribution >= 4 is 17.4 Å². The first-order valence-corrected chi connectivity index (χ1v) is 7.84. The standard InChI is InChI=1S/C18H18FNO5/c1-18(2)24-16(22)15(17(23)25-18)14-10(3-8-13(14)21)9-20-12-6-4-11(19)5-7-12/h3-8,10,14,20,22H,9H2,1-2H3. The first-order valence-electron chi connectivity index (χ1n) is 7.84. The van der Waals surface area contributed by atoms with E-state index in [2.05, 4.69) is 5.32 Å². The molecule has 0 amide bonds. The summed E-state index contributed by atoms with van der Waals surface area (Å²) in [6.07, 6.45) is 3.03. The van der Waals surface area contributed by atoms with E-state index in [4.69, 9.17) is 9.47 Å². The fourth-order valence-corrected chi connectivity index (χ4v) is 2.92. The summed E-state index contributed by atoms with van der Waals surface area (Å²) in [6.45, 7) is 3.28. The molecule has 0 aromatic heterocycles. The molecule has 1 aliphatic heterocycles. The van der Waals surface area contributed by atoms with Crippen molar-refractivity contribution < 1.29 is 28.6 Å². The molecule has 1 heterocycles. The molecule has 1 aromatic carbocycles. The number of allylic oxidation sites excluding steroid dienone is 1. The Bertz CT molecular complexity index is 766. The van der Waals surface area contributed by atoms with Crippen LogP contribution in [0.15, 0.2) is 47.9 Å². The summed E-state index contributed by atoms with van der Waals surface area (Å²) in [5.41, 5.74) is 0.495. The van der Waals surface area contributed by atoms with Gasteiger partial charge < -0.3 is 19.9 Å². The van der Waals surface area contributed by atoms with E-state index in [-0.39, 0.29) is 23.1 Å². The molecule has 25 heavy (non-hydrogen) atoms. The summed E-state index contributed by atoms with van der Waals surface area (Å²) >= 11 is 0. The van der Waals surface area contributed by atoms with Crippen LogP contribution in [0.4, 0.5) is 10.1 Å². The van der Waals surface area contributed by atoms with Crippen molar-refractivity contribution in [3.8, 4) is 0 Å². The van der Waals surface area contributed by atoms with Gasteiger partial charge in [-0.1, -0.05) is 6.08 Å². The zero-order valence-electron chi connectivity index (χ0n) is 13.8. The van der Waals surface area contributed by atoms with Crippen molar-refractivity contribution in [2.75, 3.05) is 11.9 Å². The first kappa shape index (κ1) is 17.0. The average molecular weight is 347 g/mol. The number of ketones is 1. The SMILES string of the molecule is CC1(C)OC(=O)C(C2C(=O)C=CC2CNc2ccc(F)cc2)=C(O)O1. The normalized spacial score (nSPS) is 24.9. The van der Waals surface area contributed by atoms with Crippen LogP contribution in [0.3, 0.4) is 0 Å². The highest BCUT2D eigenvalue weighted by Gasteiger charge is 2.45. The number of cyclic esters (lactones) is 1. The Morgan fingerprint density at radius 3 is 2.52 bits per heavy atom. The topological polar surface area (TPSA) is 84.9 Å². The van der Waals surface area contributed by atoms with E-state index in [0.717, 1.165) is 0 Å². The van der Waals surface area contributed by atoms with E-state index < -0.39 is 23.6 Å². The zero-order chi connectivity index (χ0) is 18.2. The van der Waals surface area contributed by atoms with Gasteiger partial charge in [-0.25, -0.2) is 9.18 Å². The maximum atomic E-state index is 13.0. The molecule has 6 nitrogen and oxygen atoms in total. The molecule has 0 fully saturated rings. The van der Waals surface area contributed by atoms with Crippen molar-refractivity contribution in [1.82, 2.24) is 0 Å². The van der Waals surface area contributed by atoms with Gasteiger partial charge in [0, 0.05) is 32.0 Å². The van der Waals surface area contributed by atoms with Gasteiger partial charge in [0.25, 0.3) is 11.7 Å². The molecule has 0 saturated carbocycles. The monoisotopic (exact) mass is 347 g/mol. The van der Waals surface area contributed by atoms with Crippen molar-refractivity contribution in [2.45, 2.75) is 19.6 Å². The molecule has 7 heteroatoms. The molecule has 0 bridgehead atoms. The van der Waals surface area contributed by atoms with Gasteiger partial charge in [0.1, 0.15) is 11.4 Å². The van der Waals surface area contributed by atoms with Crippen LogP contribution in [0.1, 0.15) is 13.8 Å². The third-order valence-corrected chi connectivity index (χ3v) is 4.07. The molecule has 0 saturated heterocycles. The highest BCUT2D eigenvalue weighted by atomic mass is 19.1. The van der Waals surface area contributed by atoms with Crippen LogP contribution in [0.2, 0.25) is 0 Å². The van der Waals surface area contributed by atoms with Gasteiger partial charge in [0.05, 0.1) is 5.92 Å². The fraction of sp³-hybridized carbons (Fsp3) is 0.333. The Morgan fingerprint density at radius 2 is 1.88 bits per heavy atom. The number of hydrogen-bond donors (Lipinski definition) is 2. The fourth-order valence-electron chi connectivity index (χ4n) is 2.92. The van der Waals surface area contributed by atoms with Gasteiger partial charge in [-0.2, -0.15) is 0 Å². The molecule has 1 aliphatic carbocycles. The number of esters is 1. The Balaban J connectivity index is 1.79. The lowest BCUT2D eigenvalue weighted by Gasteiger charge is -2.33. The summed E-state index contributed by atoms with van der Waals surface area (Å²) in [5, 5.41) is 13.2. The van der Waals surface area contributed by atoms with E-state index in [1.165, 1.54) is 32.1 Å². The molecule has 2 N–H and O–H groups in total. The second kappa shape index (κ2) is 6.23. The van der Waals surface area contributed by atoms with E-state index in [1.54, 1.807) is 18.2 Å². The van der Waals surface area contributed by atoms with Gasteiger partial charge in [-0.15, -0.1) is 0 Å². The van der Waals surface area contributed by atoms with Gasteiger partial charge in [-0.3, -0.25) is 4.79 Å². The van der Waals surface area contributed by atoms with Crippen molar-refractivity contribution in [2.24, 2.45) is 11.8 Å². The van der Waals surface area contributed by atoms with E-state index in [9.17, 15) is 19.1 Å². The average Bonchev–Trinajstić information content (AvgIpc) is 2.86. The molecule has 2 unspecified atom stereocenters. The van der Waals surface area contributed by atoms with Crippen molar-refractivity contribution in [3.63, 3.8) is 0 Å². The molecule has 1 aromatic rings. The third kappa shape index (κ3) is 3.50. The Kier molecular flexibility index (Phi) is 4.24. The number of aliphatic hydroxyl groups excluding tert-OH is 1. The van der Waals surface area contributed by atoms with E-state index >= 15 is 0 Å². The summed E-state index contributed by atoms with van der Waals surface area (Å²) < 4.78 is 23.3. The van der Waals surface area contributed by atoms with Gasteiger partial charge >= 0.3 is 5.97 Å². The van der Waals surface area contributed by atoms with Crippen LogP contribution in [-0.2, 0) is 19.1 Å². The number of nitrogens with one attached hydrogen (secondary N) is 1. The molecular formula is C18H18FNO5. The highest BCUT2D eigenvalue weighted by Crippen LogP contribution is 2.36. The number of aliphatic hydroxyl groups is 1. The molecular weight excluding hydrogens is 329 g/mol. The smallest absolute Gasteiger partial charge is 0.345 e. The number of rotatable bonds is 4. The highest BCUT2D eigenvalue weighted by molar-refractivity contribution is 6.04. The van der Waals surface area contributed by atoms with Crippen LogP contribution in [0.25, 0.3) is 0 Å². The summed E-state index contributed by atoms with van der Waals surface area (Å²) in [5.74, 6) is -4.59. The van der Waals surface area contributed by atoms with Gasteiger partial charge in [0.15, 0.2) is 5.78 Å². The Morgan fingerprint density at radius 1 is 1.20 bits per heavy atom. The number of hydrogen-bond acceptors (Lipinski definition) is 6. The third-order valence-electron chi connectivity index (χ3n) is 4.07. The maximum absolute atomic E-state index is 13.0. The van der Waals surface area contributed by atoms with Crippen LogP contribution < -0.4 is 5.32 Å². The van der Waals surface area contributed by atoms with Gasteiger partial charge in [-0.05, 0) is 30.3 Å². The molecule has 0 spiro atoms. The predicted octanol–water partition coefficient (Wildman–Crippen LogP) is 2.69. The quantitative estimate of drug-likeness (QED) is 0.815. The minimum Gasteiger partial charge on any atom is -0.480 e. The molecule has 2 aliphatic rings. The van der Waals surface area contributed by atoms with Crippen molar-refractivity contribution in [3.05, 3.63) is 53.8 Å². The number of halogens is 1. The minimum absolute atomic E-state index is 0.180. The summed E-state index contributed by atoms with van der Waals surface area (Å²) in [6, 6.07) is 5.78. The van der Waals surface area contributed by atoms with Crippen LogP contribution in [-0.4, -0.2) is 29.2 Å². The van der Waals surface area contributed by atoms with Crippen LogP contribution >= 0.6 is 0 Å². The van der Waals surface area contributed by atoms with Crippen LogP contribution in [0, 0.1) is 17.7 Å². The lowest BCUT2D eigenvalue weighted by atomic mass is 9.87.